The molecular weight excluding hydrogens is 560 g/mol. The standard InChI is InChI=1S/C31H40N2O10/c1-16(41-29-25(32-17(2)35)27(37)26(36)23(14-34)42-29)24(28(38)43-31(3,4)5)33-30(39)40-15-22-20-12-8-6-10-18(20)19-11-7-9-13-21(19)22/h6-13,16,22-27,29,34,36-37H,14-15H2,1-5H3,(H,32,35)(H,33,39)/t16-,23+,24?,25+,26-,27+,29-/m0/s1. The zero-order valence-electron chi connectivity index (χ0n) is 24.9. The van der Waals surface area contributed by atoms with Crippen LogP contribution in [0.1, 0.15) is 51.7 Å². The van der Waals surface area contributed by atoms with E-state index < -0.39 is 73.0 Å². The highest BCUT2D eigenvalue weighted by Crippen LogP contribution is 2.44. The molecule has 43 heavy (non-hydrogen) atoms. The van der Waals surface area contributed by atoms with Gasteiger partial charge in [-0.05, 0) is 49.9 Å². The first kappa shape index (κ1) is 32.4. The third-order valence-electron chi connectivity index (χ3n) is 7.35. The van der Waals surface area contributed by atoms with E-state index >= 15 is 0 Å². The van der Waals surface area contributed by atoms with Crippen LogP contribution in [-0.4, -0.2) is 94.9 Å². The first-order chi connectivity index (χ1) is 20.3. The van der Waals surface area contributed by atoms with Crippen molar-refractivity contribution < 1.29 is 48.7 Å². The highest BCUT2D eigenvalue weighted by molar-refractivity contribution is 5.83. The Hall–Kier alpha value is -3.55. The van der Waals surface area contributed by atoms with E-state index in [0.29, 0.717) is 0 Å². The van der Waals surface area contributed by atoms with E-state index in [1.807, 2.05) is 48.5 Å². The molecule has 1 aliphatic carbocycles. The molecule has 4 rings (SSSR count). The maximum absolute atomic E-state index is 13.2. The van der Waals surface area contributed by atoms with Crippen molar-refractivity contribution in [3.8, 4) is 11.1 Å². The number of ether oxygens (including phenoxy) is 4. The summed E-state index contributed by atoms with van der Waals surface area (Å²) in [6, 6.07) is 13.1. The number of benzene rings is 2. The monoisotopic (exact) mass is 600 g/mol. The van der Waals surface area contributed by atoms with Crippen LogP contribution in [0.4, 0.5) is 4.79 Å². The number of hydrogen-bond acceptors (Lipinski definition) is 10. The molecule has 7 atom stereocenters. The van der Waals surface area contributed by atoms with Gasteiger partial charge in [0.1, 0.15) is 36.6 Å². The molecule has 12 nitrogen and oxygen atoms in total. The lowest BCUT2D eigenvalue weighted by Crippen LogP contribution is -2.65. The number of aliphatic hydroxyl groups excluding tert-OH is 3. The van der Waals surface area contributed by atoms with Crippen LogP contribution in [0.25, 0.3) is 11.1 Å². The predicted molar refractivity (Wildman–Crippen MR) is 154 cm³/mol. The zero-order chi connectivity index (χ0) is 31.5. The van der Waals surface area contributed by atoms with E-state index in [4.69, 9.17) is 18.9 Å². The van der Waals surface area contributed by atoms with Crippen molar-refractivity contribution in [1.82, 2.24) is 10.6 Å². The fraction of sp³-hybridized carbons (Fsp3) is 0.516. The molecule has 234 valence electrons. The maximum Gasteiger partial charge on any atom is 0.407 e. The van der Waals surface area contributed by atoms with Gasteiger partial charge in [-0.3, -0.25) is 4.79 Å². The number of rotatable bonds is 9. The summed E-state index contributed by atoms with van der Waals surface area (Å²) in [5.74, 6) is -1.56. The van der Waals surface area contributed by atoms with Gasteiger partial charge in [-0.2, -0.15) is 0 Å². The van der Waals surface area contributed by atoms with Gasteiger partial charge >= 0.3 is 12.1 Å². The number of alkyl carbamates (subject to hydrolysis) is 1. The third kappa shape index (κ3) is 7.51. The molecule has 0 bridgehead atoms. The van der Waals surface area contributed by atoms with Gasteiger partial charge in [-0.1, -0.05) is 48.5 Å². The van der Waals surface area contributed by atoms with Crippen LogP contribution >= 0.6 is 0 Å². The second-order valence-corrected chi connectivity index (χ2v) is 11.8. The quantitative estimate of drug-likeness (QED) is 0.266. The van der Waals surface area contributed by atoms with Gasteiger partial charge in [0.15, 0.2) is 12.3 Å². The first-order valence-corrected chi connectivity index (χ1v) is 14.2. The van der Waals surface area contributed by atoms with E-state index in [1.165, 1.54) is 13.8 Å². The van der Waals surface area contributed by atoms with E-state index in [9.17, 15) is 29.7 Å². The first-order valence-electron chi connectivity index (χ1n) is 14.2. The van der Waals surface area contributed by atoms with Crippen LogP contribution in [-0.2, 0) is 28.5 Å². The number of hydrogen-bond donors (Lipinski definition) is 5. The molecular formula is C31H40N2O10. The van der Waals surface area contributed by atoms with E-state index in [-0.39, 0.29) is 12.5 Å². The van der Waals surface area contributed by atoms with Crippen LogP contribution in [0.5, 0.6) is 0 Å². The number of esters is 1. The average molecular weight is 601 g/mol. The van der Waals surface area contributed by atoms with Crippen molar-refractivity contribution in [3.63, 3.8) is 0 Å². The second-order valence-electron chi connectivity index (χ2n) is 11.8. The fourth-order valence-corrected chi connectivity index (χ4v) is 5.38. The summed E-state index contributed by atoms with van der Waals surface area (Å²) < 4.78 is 22.7. The van der Waals surface area contributed by atoms with Gasteiger partial charge < -0.3 is 44.9 Å². The number of aliphatic hydroxyl groups is 3. The topological polar surface area (TPSA) is 173 Å². The van der Waals surface area contributed by atoms with Crippen LogP contribution < -0.4 is 10.6 Å². The summed E-state index contributed by atoms with van der Waals surface area (Å²) in [5.41, 5.74) is 3.27. The molecule has 0 aromatic heterocycles. The van der Waals surface area contributed by atoms with Crippen LogP contribution in [0.3, 0.4) is 0 Å². The minimum Gasteiger partial charge on any atom is -0.458 e. The molecule has 1 unspecified atom stereocenters. The third-order valence-corrected chi connectivity index (χ3v) is 7.35. The minimum atomic E-state index is -1.55. The molecule has 2 aromatic carbocycles. The van der Waals surface area contributed by atoms with Gasteiger partial charge in [-0.25, -0.2) is 9.59 Å². The number of carbonyl (C=O) groups is 3. The van der Waals surface area contributed by atoms with Gasteiger partial charge in [0.05, 0.1) is 12.7 Å². The van der Waals surface area contributed by atoms with Crippen molar-refractivity contribution in [2.45, 2.75) is 88.9 Å². The summed E-state index contributed by atoms with van der Waals surface area (Å²) in [4.78, 5) is 38.2. The molecule has 5 N–H and O–H groups in total. The Morgan fingerprint density at radius 1 is 0.977 bits per heavy atom. The lowest BCUT2D eigenvalue weighted by Gasteiger charge is -2.43. The Balaban J connectivity index is 1.50. The second kappa shape index (κ2) is 13.4. The Morgan fingerprint density at radius 3 is 2.09 bits per heavy atom. The number of amides is 2. The summed E-state index contributed by atoms with van der Waals surface area (Å²) in [6.45, 7) is 7.05. The lowest BCUT2D eigenvalue weighted by molar-refractivity contribution is -0.282. The van der Waals surface area contributed by atoms with E-state index in [0.717, 1.165) is 22.3 Å². The largest absolute Gasteiger partial charge is 0.458 e. The van der Waals surface area contributed by atoms with Gasteiger partial charge in [-0.15, -0.1) is 0 Å². The predicted octanol–water partition coefficient (Wildman–Crippen LogP) is 1.58. The summed E-state index contributed by atoms with van der Waals surface area (Å²) in [6.07, 6.45) is -7.73. The molecule has 1 aliphatic heterocycles. The number of carbonyl (C=O) groups excluding carboxylic acids is 3. The van der Waals surface area contributed by atoms with Crippen LogP contribution in [0.15, 0.2) is 48.5 Å². The van der Waals surface area contributed by atoms with Crippen molar-refractivity contribution in [2.24, 2.45) is 0 Å². The number of nitrogens with one attached hydrogen (secondary N) is 2. The zero-order valence-corrected chi connectivity index (χ0v) is 24.9. The molecule has 0 radical (unpaired) electrons. The normalized spacial score (nSPS) is 24.7. The molecule has 2 aromatic rings. The Kier molecular flexibility index (Phi) is 10.1. The van der Waals surface area contributed by atoms with Crippen molar-refractivity contribution >= 4 is 18.0 Å². The van der Waals surface area contributed by atoms with Crippen molar-refractivity contribution in [1.29, 1.82) is 0 Å². The van der Waals surface area contributed by atoms with Gasteiger partial charge in [0, 0.05) is 12.8 Å². The molecule has 1 fully saturated rings. The Morgan fingerprint density at radius 2 is 1.56 bits per heavy atom. The highest BCUT2D eigenvalue weighted by Gasteiger charge is 2.47. The smallest absolute Gasteiger partial charge is 0.407 e. The molecule has 2 aliphatic rings. The summed E-state index contributed by atoms with van der Waals surface area (Å²) in [7, 11) is 0. The van der Waals surface area contributed by atoms with Gasteiger partial charge in [0.25, 0.3) is 0 Å². The Labute approximate surface area is 250 Å². The lowest BCUT2D eigenvalue weighted by atomic mass is 9.96. The molecule has 2 amide bonds. The van der Waals surface area contributed by atoms with Crippen molar-refractivity contribution in [2.75, 3.05) is 13.2 Å². The summed E-state index contributed by atoms with van der Waals surface area (Å²) >= 11 is 0. The summed E-state index contributed by atoms with van der Waals surface area (Å²) in [5, 5.41) is 35.5. The van der Waals surface area contributed by atoms with Crippen LogP contribution in [0, 0.1) is 0 Å². The molecule has 0 saturated carbocycles. The minimum absolute atomic E-state index is 0.00867. The fourth-order valence-electron chi connectivity index (χ4n) is 5.38. The molecule has 1 saturated heterocycles. The number of fused-ring (bicyclic) bond motifs is 3. The Bertz CT molecular complexity index is 1270. The van der Waals surface area contributed by atoms with Crippen LogP contribution in [0.2, 0.25) is 0 Å². The average Bonchev–Trinajstić information content (AvgIpc) is 3.26. The SMILES string of the molecule is CC(=O)N[C@H]1[C@@H](O[C@@H](C)C(NC(=O)OCC2c3ccccc3-c3ccccc32)C(=O)OC(C)(C)C)O[C@H](CO)[C@H](O)[C@@H]1O. The molecule has 12 heteroatoms. The maximum atomic E-state index is 13.2. The van der Waals surface area contributed by atoms with E-state index in [1.54, 1.807) is 20.8 Å². The molecule has 0 spiro atoms. The highest BCUT2D eigenvalue weighted by atomic mass is 16.7. The molecule has 1 heterocycles. The van der Waals surface area contributed by atoms with Crippen molar-refractivity contribution in [3.05, 3.63) is 59.7 Å². The van der Waals surface area contributed by atoms with E-state index in [2.05, 4.69) is 10.6 Å². The van der Waals surface area contributed by atoms with Gasteiger partial charge in [0.2, 0.25) is 5.91 Å².